The maximum Gasteiger partial charge on any atom is 0.222 e. The van der Waals surface area contributed by atoms with Crippen LogP contribution in [-0.2, 0) is 11.2 Å². The normalized spacial score (nSPS) is 15.3. The Labute approximate surface area is 125 Å². The van der Waals surface area contributed by atoms with Gasteiger partial charge in [0.1, 0.15) is 0 Å². The summed E-state index contributed by atoms with van der Waals surface area (Å²) >= 11 is 0. The van der Waals surface area contributed by atoms with Gasteiger partial charge in [0.15, 0.2) is 0 Å². The van der Waals surface area contributed by atoms with E-state index in [9.17, 15) is 4.79 Å². The quantitative estimate of drug-likeness (QED) is 0.935. The number of hydrogen-bond acceptors (Lipinski definition) is 2. The van der Waals surface area contributed by atoms with E-state index in [0.29, 0.717) is 12.3 Å². The van der Waals surface area contributed by atoms with E-state index >= 15 is 0 Å². The van der Waals surface area contributed by atoms with Crippen LogP contribution < -0.4 is 5.32 Å². The Hall–Kier alpha value is -1.87. The van der Waals surface area contributed by atoms with Crippen molar-refractivity contribution in [2.75, 3.05) is 26.2 Å². The summed E-state index contributed by atoms with van der Waals surface area (Å²) < 4.78 is 0. The third-order valence-corrected chi connectivity index (χ3v) is 4.14. The highest BCUT2D eigenvalue weighted by Crippen LogP contribution is 2.17. The third kappa shape index (κ3) is 3.61. The molecule has 0 bridgehead atoms. The van der Waals surface area contributed by atoms with Crippen molar-refractivity contribution in [2.45, 2.75) is 19.3 Å². The number of carbonyl (C=O) groups is 1. The standard InChI is InChI=1S/C18H22N2O/c21-18(20-12-10-19-11-13-20)7-3-4-15-8-9-16-5-1-2-6-17(16)14-15/h1-2,5-6,8-9,14,19H,3-4,7,10-13H2. The zero-order chi connectivity index (χ0) is 14.5. The molecular weight excluding hydrogens is 260 g/mol. The van der Waals surface area contributed by atoms with Gasteiger partial charge in [-0.1, -0.05) is 42.5 Å². The maximum atomic E-state index is 12.1. The number of hydrogen-bond donors (Lipinski definition) is 1. The zero-order valence-electron chi connectivity index (χ0n) is 12.3. The minimum atomic E-state index is 0.303. The van der Waals surface area contributed by atoms with Crippen molar-refractivity contribution in [2.24, 2.45) is 0 Å². The Morgan fingerprint density at radius 2 is 1.81 bits per heavy atom. The molecule has 2 aromatic carbocycles. The van der Waals surface area contributed by atoms with Crippen molar-refractivity contribution >= 4 is 16.7 Å². The molecule has 1 aliphatic heterocycles. The molecule has 1 heterocycles. The van der Waals surface area contributed by atoms with E-state index in [4.69, 9.17) is 0 Å². The summed E-state index contributed by atoms with van der Waals surface area (Å²) in [4.78, 5) is 14.1. The molecule has 3 heteroatoms. The van der Waals surface area contributed by atoms with Gasteiger partial charge in [-0.15, -0.1) is 0 Å². The largest absolute Gasteiger partial charge is 0.340 e. The van der Waals surface area contributed by atoms with E-state index in [-0.39, 0.29) is 0 Å². The van der Waals surface area contributed by atoms with Gasteiger partial charge in [-0.2, -0.15) is 0 Å². The first-order chi connectivity index (χ1) is 10.3. The Bertz CT molecular complexity index is 617. The van der Waals surface area contributed by atoms with E-state index in [1.807, 2.05) is 4.90 Å². The van der Waals surface area contributed by atoms with E-state index in [2.05, 4.69) is 47.8 Å². The molecule has 2 aromatic rings. The number of rotatable bonds is 4. The SMILES string of the molecule is O=C(CCCc1ccc2ccccc2c1)N1CCNCC1. The summed E-state index contributed by atoms with van der Waals surface area (Å²) in [6.45, 7) is 3.57. The minimum absolute atomic E-state index is 0.303. The van der Waals surface area contributed by atoms with Crippen molar-refractivity contribution in [3.63, 3.8) is 0 Å². The Morgan fingerprint density at radius 1 is 1.05 bits per heavy atom. The van der Waals surface area contributed by atoms with Crippen molar-refractivity contribution < 1.29 is 4.79 Å². The minimum Gasteiger partial charge on any atom is -0.340 e. The summed E-state index contributed by atoms with van der Waals surface area (Å²) in [7, 11) is 0. The molecule has 0 unspecified atom stereocenters. The van der Waals surface area contributed by atoms with Gasteiger partial charge in [0.05, 0.1) is 0 Å². The first-order valence-corrected chi connectivity index (χ1v) is 7.79. The highest BCUT2D eigenvalue weighted by Gasteiger charge is 2.15. The van der Waals surface area contributed by atoms with Gasteiger partial charge in [-0.05, 0) is 29.2 Å². The fourth-order valence-electron chi connectivity index (χ4n) is 2.91. The van der Waals surface area contributed by atoms with E-state index < -0.39 is 0 Å². The number of benzene rings is 2. The average molecular weight is 282 g/mol. The highest BCUT2D eigenvalue weighted by atomic mass is 16.2. The topological polar surface area (TPSA) is 32.3 Å². The second-order valence-corrected chi connectivity index (χ2v) is 5.67. The number of nitrogens with one attached hydrogen (secondary N) is 1. The van der Waals surface area contributed by atoms with Gasteiger partial charge in [0, 0.05) is 32.6 Å². The van der Waals surface area contributed by atoms with Gasteiger partial charge in [-0.3, -0.25) is 4.79 Å². The monoisotopic (exact) mass is 282 g/mol. The molecule has 0 saturated carbocycles. The lowest BCUT2D eigenvalue weighted by Crippen LogP contribution is -2.46. The Kier molecular flexibility index (Phi) is 4.51. The molecule has 3 rings (SSSR count). The average Bonchev–Trinajstić information content (AvgIpc) is 2.55. The first-order valence-electron chi connectivity index (χ1n) is 7.79. The number of amides is 1. The number of carbonyl (C=O) groups excluding carboxylic acids is 1. The zero-order valence-corrected chi connectivity index (χ0v) is 12.3. The molecule has 1 fully saturated rings. The van der Waals surface area contributed by atoms with Gasteiger partial charge in [-0.25, -0.2) is 0 Å². The molecule has 21 heavy (non-hydrogen) atoms. The molecule has 0 spiro atoms. The summed E-state index contributed by atoms with van der Waals surface area (Å²) in [5.41, 5.74) is 1.32. The second-order valence-electron chi connectivity index (χ2n) is 5.67. The third-order valence-electron chi connectivity index (χ3n) is 4.14. The molecule has 1 amide bonds. The fraction of sp³-hybridized carbons (Fsp3) is 0.389. The van der Waals surface area contributed by atoms with E-state index in [0.717, 1.165) is 39.0 Å². The number of nitrogens with zero attached hydrogens (tertiary/aromatic N) is 1. The maximum absolute atomic E-state index is 12.1. The van der Waals surface area contributed by atoms with Crippen LogP contribution in [0.4, 0.5) is 0 Å². The molecule has 1 N–H and O–H groups in total. The molecule has 3 nitrogen and oxygen atoms in total. The predicted octanol–water partition coefficient (Wildman–Crippen LogP) is 2.59. The molecule has 1 saturated heterocycles. The van der Waals surface area contributed by atoms with Gasteiger partial charge >= 0.3 is 0 Å². The van der Waals surface area contributed by atoms with Crippen LogP contribution in [0.1, 0.15) is 18.4 Å². The number of piperazine rings is 1. The molecule has 110 valence electrons. The van der Waals surface area contributed by atoms with Crippen LogP contribution >= 0.6 is 0 Å². The summed E-state index contributed by atoms with van der Waals surface area (Å²) in [6.07, 6.45) is 2.57. The molecule has 1 aliphatic rings. The Balaban J connectivity index is 1.53. The van der Waals surface area contributed by atoms with Crippen LogP contribution in [0.25, 0.3) is 10.8 Å². The van der Waals surface area contributed by atoms with Gasteiger partial charge in [0.2, 0.25) is 5.91 Å². The van der Waals surface area contributed by atoms with Crippen LogP contribution in [0.2, 0.25) is 0 Å². The van der Waals surface area contributed by atoms with Crippen LogP contribution in [0.5, 0.6) is 0 Å². The van der Waals surface area contributed by atoms with Crippen LogP contribution in [0.3, 0.4) is 0 Å². The molecule has 0 aromatic heterocycles. The van der Waals surface area contributed by atoms with E-state index in [1.165, 1.54) is 16.3 Å². The fourth-order valence-corrected chi connectivity index (χ4v) is 2.91. The van der Waals surface area contributed by atoms with Crippen LogP contribution in [-0.4, -0.2) is 37.0 Å². The van der Waals surface area contributed by atoms with Crippen molar-refractivity contribution in [3.8, 4) is 0 Å². The molecule has 0 radical (unpaired) electrons. The van der Waals surface area contributed by atoms with Crippen molar-refractivity contribution in [1.82, 2.24) is 10.2 Å². The molecular formula is C18H22N2O. The Morgan fingerprint density at radius 3 is 2.62 bits per heavy atom. The summed E-state index contributed by atoms with van der Waals surface area (Å²) in [5.74, 6) is 0.303. The van der Waals surface area contributed by atoms with Gasteiger partial charge in [0.25, 0.3) is 0 Å². The lowest BCUT2D eigenvalue weighted by molar-refractivity contribution is -0.131. The smallest absolute Gasteiger partial charge is 0.222 e. The van der Waals surface area contributed by atoms with Crippen molar-refractivity contribution in [3.05, 3.63) is 48.0 Å². The van der Waals surface area contributed by atoms with Crippen LogP contribution in [0.15, 0.2) is 42.5 Å². The highest BCUT2D eigenvalue weighted by molar-refractivity contribution is 5.83. The number of aryl methyl sites for hydroxylation is 1. The van der Waals surface area contributed by atoms with Gasteiger partial charge < -0.3 is 10.2 Å². The second kappa shape index (κ2) is 6.72. The first kappa shape index (κ1) is 14.1. The van der Waals surface area contributed by atoms with E-state index in [1.54, 1.807) is 0 Å². The molecule has 0 aliphatic carbocycles. The predicted molar refractivity (Wildman–Crippen MR) is 86.3 cm³/mol. The lowest BCUT2D eigenvalue weighted by Gasteiger charge is -2.27. The van der Waals surface area contributed by atoms with Crippen molar-refractivity contribution in [1.29, 1.82) is 0 Å². The summed E-state index contributed by atoms with van der Waals surface area (Å²) in [6, 6.07) is 15.0. The molecule has 0 atom stereocenters. The summed E-state index contributed by atoms with van der Waals surface area (Å²) in [5, 5.41) is 5.83. The lowest BCUT2D eigenvalue weighted by atomic mass is 10.0. The number of fused-ring (bicyclic) bond motifs is 1. The van der Waals surface area contributed by atoms with Crippen LogP contribution in [0, 0.1) is 0 Å².